The number of aromatic nitrogens is 2. The molecule has 0 atom stereocenters. The van der Waals surface area contributed by atoms with E-state index >= 15 is 0 Å². The number of benzene rings is 2. The topological polar surface area (TPSA) is 49.3 Å². The van der Waals surface area contributed by atoms with E-state index < -0.39 is 0 Å². The Morgan fingerprint density at radius 2 is 1.68 bits per heavy atom. The molecule has 0 unspecified atom stereocenters. The van der Waals surface area contributed by atoms with Crippen LogP contribution in [0.3, 0.4) is 0 Å². The van der Waals surface area contributed by atoms with Crippen molar-refractivity contribution in [3.63, 3.8) is 0 Å². The summed E-state index contributed by atoms with van der Waals surface area (Å²) < 4.78 is 0. The molecule has 5 heteroatoms. The summed E-state index contributed by atoms with van der Waals surface area (Å²) in [5.41, 5.74) is 7.22. The molecule has 1 aliphatic heterocycles. The zero-order valence-corrected chi connectivity index (χ0v) is 21.1. The van der Waals surface area contributed by atoms with Crippen LogP contribution in [0.4, 0.5) is 5.82 Å². The predicted octanol–water partition coefficient (Wildman–Crippen LogP) is 5.22. The Morgan fingerprint density at radius 3 is 2.32 bits per heavy atom. The standard InChI is InChI=1S/C29H36N4O/c1-6-26-25(19-24-18-21(4)12-13-22(24)5)28(31-27(30-26)23-10-8-7-9-11-23)32-14-16-33(17-15-32)29(34)20(2)3/h7-13,18,20H,6,14-17,19H2,1-5H3. The van der Waals surface area contributed by atoms with E-state index in [1.165, 1.54) is 22.3 Å². The molecule has 4 rings (SSSR count). The van der Waals surface area contributed by atoms with E-state index in [9.17, 15) is 4.79 Å². The summed E-state index contributed by atoms with van der Waals surface area (Å²) in [5.74, 6) is 2.06. The summed E-state index contributed by atoms with van der Waals surface area (Å²) in [5, 5.41) is 0. The van der Waals surface area contributed by atoms with Crippen molar-refractivity contribution in [2.75, 3.05) is 31.1 Å². The fourth-order valence-electron chi connectivity index (χ4n) is 4.65. The number of anilines is 1. The summed E-state index contributed by atoms with van der Waals surface area (Å²) >= 11 is 0. The average molecular weight is 457 g/mol. The molecule has 0 aliphatic carbocycles. The number of aryl methyl sites for hydroxylation is 3. The Bertz CT molecular complexity index is 1150. The third-order valence-corrected chi connectivity index (χ3v) is 6.69. The molecule has 2 aromatic carbocycles. The minimum Gasteiger partial charge on any atom is -0.353 e. The fourth-order valence-corrected chi connectivity index (χ4v) is 4.65. The first-order chi connectivity index (χ1) is 16.4. The summed E-state index contributed by atoms with van der Waals surface area (Å²) in [7, 11) is 0. The van der Waals surface area contributed by atoms with Gasteiger partial charge in [0.1, 0.15) is 5.82 Å². The van der Waals surface area contributed by atoms with Gasteiger partial charge >= 0.3 is 0 Å². The number of carbonyl (C=O) groups excluding carboxylic acids is 1. The van der Waals surface area contributed by atoms with Crippen LogP contribution in [0.2, 0.25) is 0 Å². The molecule has 0 radical (unpaired) electrons. The quantitative estimate of drug-likeness (QED) is 0.510. The van der Waals surface area contributed by atoms with E-state index in [1.807, 2.05) is 36.9 Å². The van der Waals surface area contributed by atoms with Gasteiger partial charge < -0.3 is 9.80 Å². The first kappa shape index (κ1) is 23.9. The molecule has 1 aromatic heterocycles. The van der Waals surface area contributed by atoms with Crippen LogP contribution in [-0.4, -0.2) is 47.0 Å². The van der Waals surface area contributed by atoms with Crippen LogP contribution in [0.25, 0.3) is 11.4 Å². The molecule has 2 heterocycles. The van der Waals surface area contributed by atoms with E-state index in [0.717, 1.165) is 61.9 Å². The van der Waals surface area contributed by atoms with Gasteiger partial charge in [-0.3, -0.25) is 4.79 Å². The van der Waals surface area contributed by atoms with Crippen molar-refractivity contribution in [1.29, 1.82) is 0 Å². The summed E-state index contributed by atoms with van der Waals surface area (Å²) in [6.07, 6.45) is 1.66. The number of nitrogens with zero attached hydrogens (tertiary/aromatic N) is 4. The monoisotopic (exact) mass is 456 g/mol. The van der Waals surface area contributed by atoms with Gasteiger partial charge in [0.05, 0.1) is 0 Å². The first-order valence-corrected chi connectivity index (χ1v) is 12.4. The largest absolute Gasteiger partial charge is 0.353 e. The van der Waals surface area contributed by atoms with Gasteiger partial charge in [-0.05, 0) is 31.4 Å². The van der Waals surface area contributed by atoms with E-state index in [1.54, 1.807) is 0 Å². The van der Waals surface area contributed by atoms with Crippen molar-refractivity contribution in [1.82, 2.24) is 14.9 Å². The summed E-state index contributed by atoms with van der Waals surface area (Å²) in [6.45, 7) is 13.5. The van der Waals surface area contributed by atoms with Gasteiger partial charge in [0.2, 0.25) is 5.91 Å². The third-order valence-electron chi connectivity index (χ3n) is 6.69. The second-order valence-corrected chi connectivity index (χ2v) is 9.59. The van der Waals surface area contributed by atoms with Crippen molar-refractivity contribution in [3.8, 4) is 11.4 Å². The number of hydrogen-bond donors (Lipinski definition) is 0. The van der Waals surface area contributed by atoms with E-state index in [-0.39, 0.29) is 11.8 Å². The Morgan fingerprint density at radius 1 is 0.971 bits per heavy atom. The molecular weight excluding hydrogens is 420 g/mol. The normalized spacial score (nSPS) is 14.1. The molecule has 0 N–H and O–H groups in total. The van der Waals surface area contributed by atoms with Crippen LogP contribution in [0.1, 0.15) is 48.7 Å². The molecule has 1 aliphatic rings. The lowest BCUT2D eigenvalue weighted by Gasteiger charge is -2.37. The Kier molecular flexibility index (Phi) is 7.30. The molecule has 1 amide bonds. The minimum absolute atomic E-state index is 0.0295. The lowest BCUT2D eigenvalue weighted by Crippen LogP contribution is -2.50. The molecule has 1 fully saturated rings. The van der Waals surface area contributed by atoms with Gasteiger partial charge in [0, 0.05) is 55.3 Å². The molecule has 1 saturated heterocycles. The van der Waals surface area contributed by atoms with Crippen LogP contribution in [0.5, 0.6) is 0 Å². The summed E-state index contributed by atoms with van der Waals surface area (Å²) in [4.78, 5) is 27.1. The van der Waals surface area contributed by atoms with Crippen molar-refractivity contribution < 1.29 is 4.79 Å². The van der Waals surface area contributed by atoms with Crippen LogP contribution >= 0.6 is 0 Å². The maximum atomic E-state index is 12.5. The van der Waals surface area contributed by atoms with E-state index in [2.05, 4.69) is 56.0 Å². The van der Waals surface area contributed by atoms with Crippen LogP contribution in [0, 0.1) is 19.8 Å². The molecule has 34 heavy (non-hydrogen) atoms. The van der Waals surface area contributed by atoms with Gasteiger partial charge in [-0.15, -0.1) is 0 Å². The average Bonchev–Trinajstić information content (AvgIpc) is 2.86. The Hall–Kier alpha value is -3.21. The SMILES string of the molecule is CCc1nc(-c2ccccc2)nc(N2CCN(C(=O)C(C)C)CC2)c1Cc1cc(C)ccc1C. The molecule has 0 bridgehead atoms. The molecule has 178 valence electrons. The number of amides is 1. The fraction of sp³-hybridized carbons (Fsp3) is 0.414. The highest BCUT2D eigenvalue weighted by Crippen LogP contribution is 2.30. The predicted molar refractivity (Wildman–Crippen MR) is 139 cm³/mol. The molecule has 5 nitrogen and oxygen atoms in total. The smallest absolute Gasteiger partial charge is 0.225 e. The highest BCUT2D eigenvalue weighted by atomic mass is 16.2. The molecule has 0 saturated carbocycles. The maximum Gasteiger partial charge on any atom is 0.225 e. The van der Waals surface area contributed by atoms with Gasteiger partial charge in [-0.1, -0.05) is 74.9 Å². The molecular formula is C29H36N4O. The highest BCUT2D eigenvalue weighted by Gasteiger charge is 2.27. The lowest BCUT2D eigenvalue weighted by molar-refractivity contribution is -0.134. The highest BCUT2D eigenvalue weighted by molar-refractivity contribution is 5.78. The van der Waals surface area contributed by atoms with Gasteiger partial charge in [0.25, 0.3) is 0 Å². The second-order valence-electron chi connectivity index (χ2n) is 9.59. The van der Waals surface area contributed by atoms with Crippen molar-refractivity contribution in [3.05, 3.63) is 76.5 Å². The zero-order valence-electron chi connectivity index (χ0n) is 21.1. The maximum absolute atomic E-state index is 12.5. The number of carbonyl (C=O) groups is 1. The van der Waals surface area contributed by atoms with Gasteiger partial charge in [-0.25, -0.2) is 9.97 Å². The molecule has 3 aromatic rings. The van der Waals surface area contributed by atoms with Crippen LogP contribution in [-0.2, 0) is 17.6 Å². The minimum atomic E-state index is 0.0295. The zero-order chi connectivity index (χ0) is 24.2. The Balaban J connectivity index is 1.75. The number of hydrogen-bond acceptors (Lipinski definition) is 4. The van der Waals surface area contributed by atoms with Crippen molar-refractivity contribution in [2.45, 2.75) is 47.5 Å². The van der Waals surface area contributed by atoms with E-state index in [0.29, 0.717) is 0 Å². The number of piperazine rings is 1. The molecule has 0 spiro atoms. The van der Waals surface area contributed by atoms with Gasteiger partial charge in [0.15, 0.2) is 5.82 Å². The third kappa shape index (κ3) is 5.14. The Labute approximate surface area is 203 Å². The second kappa shape index (κ2) is 10.4. The van der Waals surface area contributed by atoms with Crippen molar-refractivity contribution >= 4 is 11.7 Å². The van der Waals surface area contributed by atoms with Gasteiger partial charge in [-0.2, -0.15) is 0 Å². The lowest BCUT2D eigenvalue weighted by atomic mass is 9.96. The number of rotatable bonds is 6. The first-order valence-electron chi connectivity index (χ1n) is 12.4. The van der Waals surface area contributed by atoms with Crippen LogP contribution in [0.15, 0.2) is 48.5 Å². The van der Waals surface area contributed by atoms with Crippen LogP contribution < -0.4 is 4.90 Å². The summed E-state index contributed by atoms with van der Waals surface area (Å²) in [6, 6.07) is 16.9. The van der Waals surface area contributed by atoms with Crippen molar-refractivity contribution in [2.24, 2.45) is 5.92 Å². The van der Waals surface area contributed by atoms with E-state index in [4.69, 9.17) is 9.97 Å².